The smallest absolute Gasteiger partial charge is 0.214 e. The van der Waals surface area contributed by atoms with E-state index in [4.69, 9.17) is 9.47 Å². The molecular weight excluding hydrogens is 282 g/mol. The summed E-state index contributed by atoms with van der Waals surface area (Å²) in [5.41, 5.74) is 1.12. The number of aromatic nitrogens is 1. The van der Waals surface area contributed by atoms with Crippen LogP contribution in [0.25, 0.3) is 0 Å². The van der Waals surface area contributed by atoms with Crippen molar-refractivity contribution in [2.24, 2.45) is 0 Å². The summed E-state index contributed by atoms with van der Waals surface area (Å²) in [6.45, 7) is 0.521. The second-order valence-corrected chi connectivity index (χ2v) is 4.17. The van der Waals surface area contributed by atoms with Gasteiger partial charge in [-0.3, -0.25) is 0 Å². The summed E-state index contributed by atoms with van der Waals surface area (Å²) in [6.07, 6.45) is 0. The van der Waals surface area contributed by atoms with Gasteiger partial charge in [-0.2, -0.15) is 0 Å². The lowest BCUT2D eigenvalue weighted by molar-refractivity contribution is 0.300. The number of hydrogen-bond acceptors (Lipinski definition) is 3. The Bertz CT molecular complexity index is 488. The molecule has 3 nitrogen and oxygen atoms in total. The van der Waals surface area contributed by atoms with E-state index in [9.17, 15) is 0 Å². The van der Waals surface area contributed by atoms with Crippen LogP contribution >= 0.6 is 15.9 Å². The Morgan fingerprint density at radius 3 is 2.53 bits per heavy atom. The fraction of sp³-hybridized carbons (Fsp3) is 0.154. The molecule has 0 unspecified atom stereocenters. The fourth-order valence-corrected chi connectivity index (χ4v) is 1.78. The summed E-state index contributed by atoms with van der Waals surface area (Å²) in [5.74, 6) is 1.26. The monoisotopic (exact) mass is 293 g/mol. The third-order valence-corrected chi connectivity index (χ3v) is 2.80. The normalized spacial score (nSPS) is 10.0. The molecule has 0 spiro atoms. The van der Waals surface area contributed by atoms with Gasteiger partial charge >= 0.3 is 0 Å². The fourth-order valence-electron chi connectivity index (χ4n) is 1.36. The van der Waals surface area contributed by atoms with Crippen molar-refractivity contribution in [3.8, 4) is 11.6 Å². The van der Waals surface area contributed by atoms with Crippen LogP contribution in [-0.2, 0) is 6.61 Å². The molecule has 2 rings (SSSR count). The molecule has 0 aliphatic carbocycles. The second-order valence-electron chi connectivity index (χ2n) is 3.42. The van der Waals surface area contributed by atoms with Crippen LogP contribution < -0.4 is 9.47 Å². The van der Waals surface area contributed by atoms with Crippen LogP contribution in [0.2, 0.25) is 0 Å². The van der Waals surface area contributed by atoms with E-state index < -0.39 is 0 Å². The zero-order valence-corrected chi connectivity index (χ0v) is 11.0. The molecule has 1 aromatic heterocycles. The van der Waals surface area contributed by atoms with Gasteiger partial charge in [0.1, 0.15) is 6.61 Å². The number of halogens is 1. The van der Waals surface area contributed by atoms with Crippen molar-refractivity contribution in [2.45, 2.75) is 6.61 Å². The van der Waals surface area contributed by atoms with Crippen molar-refractivity contribution in [1.29, 1.82) is 0 Å². The van der Waals surface area contributed by atoms with Gasteiger partial charge in [-0.1, -0.05) is 30.3 Å². The number of nitrogens with zero attached hydrogens (tertiary/aromatic N) is 1. The second kappa shape index (κ2) is 5.68. The lowest BCUT2D eigenvalue weighted by atomic mass is 10.2. The zero-order chi connectivity index (χ0) is 12.1. The number of pyridine rings is 1. The lowest BCUT2D eigenvalue weighted by Crippen LogP contribution is -1.97. The van der Waals surface area contributed by atoms with Gasteiger partial charge in [0.25, 0.3) is 0 Å². The summed E-state index contributed by atoms with van der Waals surface area (Å²) >= 11 is 3.35. The number of ether oxygens (including phenoxy) is 2. The van der Waals surface area contributed by atoms with Crippen LogP contribution in [0.5, 0.6) is 11.6 Å². The van der Waals surface area contributed by atoms with Gasteiger partial charge in [0.15, 0.2) is 10.4 Å². The number of methoxy groups -OCH3 is 1. The maximum atomic E-state index is 5.66. The summed E-state index contributed by atoms with van der Waals surface area (Å²) in [5, 5.41) is 0. The van der Waals surface area contributed by atoms with E-state index in [0.717, 1.165) is 5.56 Å². The highest BCUT2D eigenvalue weighted by molar-refractivity contribution is 9.10. The topological polar surface area (TPSA) is 31.4 Å². The maximum absolute atomic E-state index is 5.66. The quantitative estimate of drug-likeness (QED) is 0.810. The molecule has 1 heterocycles. The van der Waals surface area contributed by atoms with Crippen LogP contribution in [0, 0.1) is 0 Å². The third-order valence-electron chi connectivity index (χ3n) is 2.24. The first-order valence-electron chi connectivity index (χ1n) is 5.17. The summed E-state index contributed by atoms with van der Waals surface area (Å²) in [4.78, 5) is 4.17. The summed E-state index contributed by atoms with van der Waals surface area (Å²) < 4.78 is 11.3. The van der Waals surface area contributed by atoms with Crippen molar-refractivity contribution in [3.63, 3.8) is 0 Å². The van der Waals surface area contributed by atoms with E-state index in [1.807, 2.05) is 36.4 Å². The van der Waals surface area contributed by atoms with E-state index in [1.165, 1.54) is 0 Å². The SMILES string of the molecule is COc1ccc(OCc2ccccc2)c(Br)n1. The molecule has 0 amide bonds. The zero-order valence-electron chi connectivity index (χ0n) is 9.39. The minimum atomic E-state index is 0.521. The molecule has 0 bridgehead atoms. The summed E-state index contributed by atoms with van der Waals surface area (Å²) in [6, 6.07) is 13.6. The first-order valence-corrected chi connectivity index (χ1v) is 5.96. The van der Waals surface area contributed by atoms with Crippen LogP contribution in [0.4, 0.5) is 0 Å². The van der Waals surface area contributed by atoms with Gasteiger partial charge in [-0.05, 0) is 27.6 Å². The van der Waals surface area contributed by atoms with Crippen LogP contribution in [0.3, 0.4) is 0 Å². The average Bonchev–Trinajstić information content (AvgIpc) is 2.38. The Labute approximate surface area is 109 Å². The summed E-state index contributed by atoms with van der Waals surface area (Å²) in [7, 11) is 1.58. The highest BCUT2D eigenvalue weighted by Crippen LogP contribution is 2.26. The van der Waals surface area contributed by atoms with Gasteiger partial charge < -0.3 is 9.47 Å². The molecule has 0 atom stereocenters. The van der Waals surface area contributed by atoms with Gasteiger partial charge in [-0.15, -0.1) is 0 Å². The largest absolute Gasteiger partial charge is 0.486 e. The van der Waals surface area contributed by atoms with Crippen LogP contribution in [0.15, 0.2) is 47.1 Å². The Morgan fingerprint density at radius 2 is 1.88 bits per heavy atom. The third kappa shape index (κ3) is 3.20. The van der Waals surface area contributed by atoms with Crippen molar-refractivity contribution < 1.29 is 9.47 Å². The molecule has 4 heteroatoms. The number of benzene rings is 1. The molecule has 0 saturated heterocycles. The molecule has 0 saturated carbocycles. The van der Waals surface area contributed by atoms with Gasteiger partial charge in [0, 0.05) is 6.07 Å². The van der Waals surface area contributed by atoms with Gasteiger partial charge in [0.2, 0.25) is 5.88 Å². The molecule has 0 fully saturated rings. The van der Waals surface area contributed by atoms with Crippen molar-refractivity contribution in [3.05, 3.63) is 52.6 Å². The van der Waals surface area contributed by atoms with Crippen molar-refractivity contribution in [2.75, 3.05) is 7.11 Å². The van der Waals surface area contributed by atoms with E-state index >= 15 is 0 Å². The Morgan fingerprint density at radius 1 is 1.12 bits per heavy atom. The Balaban J connectivity index is 2.04. The van der Waals surface area contributed by atoms with Crippen molar-refractivity contribution >= 4 is 15.9 Å². The van der Waals surface area contributed by atoms with E-state index in [2.05, 4.69) is 20.9 Å². The minimum absolute atomic E-state index is 0.521. The highest BCUT2D eigenvalue weighted by atomic mass is 79.9. The predicted octanol–water partition coefficient (Wildman–Crippen LogP) is 3.43. The number of rotatable bonds is 4. The van der Waals surface area contributed by atoms with Crippen molar-refractivity contribution in [1.82, 2.24) is 4.98 Å². The lowest BCUT2D eigenvalue weighted by Gasteiger charge is -2.08. The molecule has 0 aliphatic rings. The molecule has 17 heavy (non-hydrogen) atoms. The Kier molecular flexibility index (Phi) is 3.98. The molecule has 2 aromatic rings. The van der Waals surface area contributed by atoms with Crippen LogP contribution in [-0.4, -0.2) is 12.1 Å². The highest BCUT2D eigenvalue weighted by Gasteiger charge is 2.04. The first-order chi connectivity index (χ1) is 8.29. The molecular formula is C13H12BrNO2. The van der Waals surface area contributed by atoms with E-state index in [-0.39, 0.29) is 0 Å². The molecule has 0 radical (unpaired) electrons. The average molecular weight is 294 g/mol. The maximum Gasteiger partial charge on any atom is 0.214 e. The molecule has 88 valence electrons. The molecule has 0 aliphatic heterocycles. The number of hydrogen-bond donors (Lipinski definition) is 0. The Hall–Kier alpha value is -1.55. The standard InChI is InChI=1S/C13H12BrNO2/c1-16-12-8-7-11(13(14)15-12)17-9-10-5-3-2-4-6-10/h2-8H,9H2,1H3. The van der Waals surface area contributed by atoms with Crippen LogP contribution in [0.1, 0.15) is 5.56 Å². The predicted molar refractivity (Wildman–Crippen MR) is 69.3 cm³/mol. The van der Waals surface area contributed by atoms with E-state index in [1.54, 1.807) is 13.2 Å². The van der Waals surface area contributed by atoms with E-state index in [0.29, 0.717) is 22.8 Å². The minimum Gasteiger partial charge on any atom is -0.486 e. The molecule has 1 aromatic carbocycles. The molecule has 0 N–H and O–H groups in total. The van der Waals surface area contributed by atoms with Gasteiger partial charge in [-0.25, -0.2) is 4.98 Å². The van der Waals surface area contributed by atoms with Gasteiger partial charge in [0.05, 0.1) is 7.11 Å². The first kappa shape index (κ1) is 11.9.